The van der Waals surface area contributed by atoms with Crippen LogP contribution in [0.25, 0.3) is 11.3 Å². The minimum atomic E-state index is -0.134. The lowest BCUT2D eigenvalue weighted by molar-refractivity contribution is 0.0940. The number of carbonyl (C=O) groups is 1. The van der Waals surface area contributed by atoms with Crippen LogP contribution < -0.4 is 5.32 Å². The average Bonchev–Trinajstić information content (AvgIpc) is 3.17. The summed E-state index contributed by atoms with van der Waals surface area (Å²) in [5.74, 6) is -0.127. The van der Waals surface area contributed by atoms with Crippen molar-refractivity contribution in [2.24, 2.45) is 5.92 Å². The third kappa shape index (κ3) is 5.25. The summed E-state index contributed by atoms with van der Waals surface area (Å²) in [6.45, 7) is 4.49. The molecular weight excluding hydrogens is 356 g/mol. The van der Waals surface area contributed by atoms with Crippen LogP contribution in [0, 0.1) is 19.8 Å². The quantitative estimate of drug-likeness (QED) is 0.651. The molecule has 0 aliphatic rings. The molecule has 1 amide bonds. The maximum absolute atomic E-state index is 12.6. The lowest BCUT2D eigenvalue weighted by Gasteiger charge is -2.15. The number of aryl methyl sites for hydroxylation is 2. The number of benzene rings is 1. The summed E-state index contributed by atoms with van der Waals surface area (Å²) in [5.41, 5.74) is 5.68. The molecule has 0 aliphatic carbocycles. The zero-order valence-corrected chi connectivity index (χ0v) is 16.4. The van der Waals surface area contributed by atoms with Gasteiger partial charge in [-0.25, -0.2) is 0 Å². The number of aliphatic hydroxyl groups excluding tert-OH is 1. The van der Waals surface area contributed by atoms with Crippen molar-refractivity contribution in [3.8, 4) is 11.3 Å². The largest absolute Gasteiger partial charge is 0.396 e. The van der Waals surface area contributed by atoms with Gasteiger partial charge in [0.25, 0.3) is 5.91 Å². The van der Waals surface area contributed by atoms with Gasteiger partial charge in [-0.3, -0.25) is 9.78 Å². The predicted molar refractivity (Wildman–Crippen MR) is 110 cm³/mol. The van der Waals surface area contributed by atoms with Gasteiger partial charge in [0.05, 0.1) is 5.69 Å². The predicted octanol–water partition coefficient (Wildman–Crippen LogP) is 4.01. The second-order valence-electron chi connectivity index (χ2n) is 6.85. The fourth-order valence-corrected chi connectivity index (χ4v) is 3.77. The highest BCUT2D eigenvalue weighted by Gasteiger charge is 2.13. The lowest BCUT2D eigenvalue weighted by Crippen LogP contribution is -2.31. The van der Waals surface area contributed by atoms with Crippen LogP contribution >= 0.6 is 11.3 Å². The maximum Gasteiger partial charge on any atom is 0.251 e. The molecule has 140 valence electrons. The summed E-state index contributed by atoms with van der Waals surface area (Å²) >= 11 is 1.64. The van der Waals surface area contributed by atoms with Crippen molar-refractivity contribution >= 4 is 17.2 Å². The van der Waals surface area contributed by atoms with Crippen LogP contribution in [-0.2, 0) is 6.42 Å². The molecule has 0 spiro atoms. The third-order valence-corrected chi connectivity index (χ3v) is 5.16. The third-order valence-electron chi connectivity index (χ3n) is 4.43. The Kier molecular flexibility index (Phi) is 6.37. The monoisotopic (exact) mass is 380 g/mol. The number of aliphatic hydroxyl groups is 1. The Morgan fingerprint density at radius 3 is 2.78 bits per heavy atom. The second-order valence-corrected chi connectivity index (χ2v) is 7.63. The number of nitrogens with one attached hydrogen (secondary N) is 1. The summed E-state index contributed by atoms with van der Waals surface area (Å²) in [5, 5.41) is 16.6. The Bertz CT molecular complexity index is 886. The molecule has 0 aliphatic heterocycles. The minimum Gasteiger partial charge on any atom is -0.396 e. The molecule has 2 aromatic heterocycles. The summed E-state index contributed by atoms with van der Waals surface area (Å²) in [6, 6.07) is 13.6. The standard InChI is InChI=1S/C22H24N2O2S/c1-15-8-16(2)24-21(9-15)19-4-3-5-20(11-19)22(26)23-12-18(13-25)10-17-6-7-27-14-17/h3-9,11,14,18,25H,10,12-13H2,1-2H3,(H,23,26)/t18-/m1/s1. The molecule has 3 aromatic rings. The molecule has 2 N–H and O–H groups in total. The van der Waals surface area contributed by atoms with Gasteiger partial charge in [-0.15, -0.1) is 0 Å². The van der Waals surface area contributed by atoms with Crippen LogP contribution in [0.4, 0.5) is 0 Å². The van der Waals surface area contributed by atoms with Gasteiger partial charge in [0.1, 0.15) is 0 Å². The fraction of sp³-hybridized carbons (Fsp3) is 0.273. The number of pyridine rings is 1. The van der Waals surface area contributed by atoms with Crippen molar-refractivity contribution in [1.29, 1.82) is 0 Å². The van der Waals surface area contributed by atoms with Gasteiger partial charge in [0.15, 0.2) is 0 Å². The number of thiophene rings is 1. The number of hydrogen-bond acceptors (Lipinski definition) is 4. The van der Waals surface area contributed by atoms with Crippen molar-refractivity contribution in [3.63, 3.8) is 0 Å². The second kappa shape index (κ2) is 8.93. The topological polar surface area (TPSA) is 62.2 Å². The van der Waals surface area contributed by atoms with Gasteiger partial charge in [0.2, 0.25) is 0 Å². The summed E-state index contributed by atoms with van der Waals surface area (Å²) in [7, 11) is 0. The Morgan fingerprint density at radius 1 is 1.22 bits per heavy atom. The molecule has 1 aromatic carbocycles. The highest BCUT2D eigenvalue weighted by Crippen LogP contribution is 2.20. The van der Waals surface area contributed by atoms with E-state index in [4.69, 9.17) is 0 Å². The first-order valence-electron chi connectivity index (χ1n) is 9.01. The molecule has 27 heavy (non-hydrogen) atoms. The van der Waals surface area contributed by atoms with E-state index in [9.17, 15) is 9.90 Å². The Hall–Kier alpha value is -2.50. The van der Waals surface area contributed by atoms with Crippen LogP contribution in [0.5, 0.6) is 0 Å². The molecule has 4 nitrogen and oxygen atoms in total. The van der Waals surface area contributed by atoms with E-state index in [1.165, 1.54) is 5.56 Å². The molecule has 0 bridgehead atoms. The number of hydrogen-bond donors (Lipinski definition) is 2. The van der Waals surface area contributed by atoms with Gasteiger partial charge in [-0.05, 0) is 72.5 Å². The van der Waals surface area contributed by atoms with E-state index in [1.54, 1.807) is 17.4 Å². The van der Waals surface area contributed by atoms with Crippen molar-refractivity contribution in [2.45, 2.75) is 20.3 Å². The molecule has 2 heterocycles. The Labute approximate surface area is 163 Å². The van der Waals surface area contributed by atoms with E-state index < -0.39 is 0 Å². The van der Waals surface area contributed by atoms with Crippen LogP contribution in [0.1, 0.15) is 27.2 Å². The lowest BCUT2D eigenvalue weighted by atomic mass is 10.0. The Morgan fingerprint density at radius 2 is 2.07 bits per heavy atom. The summed E-state index contributed by atoms with van der Waals surface area (Å²) < 4.78 is 0. The maximum atomic E-state index is 12.6. The van der Waals surface area contributed by atoms with Crippen LogP contribution in [0.15, 0.2) is 53.2 Å². The molecule has 0 saturated heterocycles. The normalized spacial score (nSPS) is 12.0. The molecule has 3 rings (SSSR count). The number of amides is 1. The van der Waals surface area contributed by atoms with Crippen molar-refractivity contribution < 1.29 is 9.90 Å². The van der Waals surface area contributed by atoms with E-state index >= 15 is 0 Å². The van der Waals surface area contributed by atoms with Crippen molar-refractivity contribution in [3.05, 3.63) is 75.6 Å². The van der Waals surface area contributed by atoms with Crippen LogP contribution in [-0.4, -0.2) is 29.1 Å². The molecule has 5 heteroatoms. The highest BCUT2D eigenvalue weighted by molar-refractivity contribution is 7.07. The SMILES string of the molecule is Cc1cc(C)nc(-c2cccc(C(=O)NC[C@H](CO)Cc3ccsc3)c2)c1. The number of nitrogens with zero attached hydrogens (tertiary/aromatic N) is 1. The van der Waals surface area contributed by atoms with E-state index in [0.717, 1.165) is 28.9 Å². The highest BCUT2D eigenvalue weighted by atomic mass is 32.1. The smallest absolute Gasteiger partial charge is 0.251 e. The van der Waals surface area contributed by atoms with Crippen molar-refractivity contribution in [2.75, 3.05) is 13.2 Å². The first kappa shape index (κ1) is 19.3. The molecule has 1 atom stereocenters. The first-order chi connectivity index (χ1) is 13.0. The first-order valence-corrected chi connectivity index (χ1v) is 9.95. The zero-order valence-electron chi connectivity index (χ0n) is 15.6. The zero-order chi connectivity index (χ0) is 19.2. The van der Waals surface area contributed by atoms with Crippen LogP contribution in [0.2, 0.25) is 0 Å². The van der Waals surface area contributed by atoms with Gasteiger partial charge < -0.3 is 10.4 Å². The van der Waals surface area contributed by atoms with Gasteiger partial charge in [-0.2, -0.15) is 11.3 Å². The molecule has 0 saturated carbocycles. The molecular formula is C22H24N2O2S. The molecule has 0 radical (unpaired) electrons. The minimum absolute atomic E-state index is 0.00724. The van der Waals surface area contributed by atoms with Crippen molar-refractivity contribution in [1.82, 2.24) is 10.3 Å². The van der Waals surface area contributed by atoms with Gasteiger partial charge in [-0.1, -0.05) is 12.1 Å². The number of aromatic nitrogens is 1. The average molecular weight is 381 g/mol. The summed E-state index contributed by atoms with van der Waals surface area (Å²) in [4.78, 5) is 17.1. The molecule has 0 fully saturated rings. The van der Waals surface area contributed by atoms with E-state index in [1.807, 2.05) is 49.6 Å². The van der Waals surface area contributed by atoms with Gasteiger partial charge >= 0.3 is 0 Å². The number of rotatable bonds is 7. The fourth-order valence-electron chi connectivity index (χ4n) is 3.09. The molecule has 0 unspecified atom stereocenters. The Balaban J connectivity index is 1.68. The van der Waals surface area contributed by atoms with E-state index in [2.05, 4.69) is 21.7 Å². The number of carbonyl (C=O) groups excluding carboxylic acids is 1. The van der Waals surface area contributed by atoms with Crippen LogP contribution in [0.3, 0.4) is 0 Å². The summed E-state index contributed by atoms with van der Waals surface area (Å²) in [6.07, 6.45) is 0.757. The van der Waals surface area contributed by atoms with Gasteiger partial charge in [0, 0.05) is 35.9 Å². The van der Waals surface area contributed by atoms with E-state index in [0.29, 0.717) is 12.1 Å². The van der Waals surface area contributed by atoms with E-state index in [-0.39, 0.29) is 18.4 Å².